The van der Waals surface area contributed by atoms with Crippen molar-refractivity contribution in [2.24, 2.45) is 5.73 Å². The number of aliphatic hydroxyl groups is 6. The molecule has 1 aromatic rings. The van der Waals surface area contributed by atoms with E-state index >= 15 is 9.59 Å². The van der Waals surface area contributed by atoms with Crippen LogP contribution < -0.4 is 5.73 Å². The summed E-state index contributed by atoms with van der Waals surface area (Å²) in [5, 5.41) is 84.1. The molecule has 0 aromatic heterocycles. The highest BCUT2D eigenvalue weighted by atomic mass is 16.7. The summed E-state index contributed by atoms with van der Waals surface area (Å²) in [5.41, 5.74) is -5.83. The van der Waals surface area contributed by atoms with Crippen LogP contribution in [0.4, 0.5) is 4.79 Å². The Labute approximate surface area is 425 Å². The van der Waals surface area contributed by atoms with E-state index in [1.807, 2.05) is 0 Å². The van der Waals surface area contributed by atoms with Gasteiger partial charge in [-0.3, -0.25) is 19.2 Å². The number of fused-ring (bicyclic) bond motifs is 3. The summed E-state index contributed by atoms with van der Waals surface area (Å²) in [6.07, 6.45) is -21.7. The average molecular weight is 1050 g/mol. The molecule has 0 bridgehead atoms. The maximum absolute atomic E-state index is 15.2. The van der Waals surface area contributed by atoms with E-state index in [-0.39, 0.29) is 30.4 Å². The molecule has 1 amide bonds. The van der Waals surface area contributed by atoms with Crippen LogP contribution in [0.2, 0.25) is 0 Å². The van der Waals surface area contributed by atoms with Crippen molar-refractivity contribution in [1.29, 1.82) is 0 Å². The lowest BCUT2D eigenvalue weighted by Gasteiger charge is -2.59. The topological polar surface area (TPSA) is 355 Å². The zero-order valence-electron chi connectivity index (χ0n) is 42.4. The van der Waals surface area contributed by atoms with Gasteiger partial charge in [0.05, 0.1) is 53.9 Å². The van der Waals surface area contributed by atoms with Crippen molar-refractivity contribution in [3.05, 3.63) is 51.6 Å². The lowest BCUT2D eigenvalue weighted by atomic mass is 9.54. The quantitative estimate of drug-likeness (QED) is 0.0849. The monoisotopic (exact) mass is 1050 g/mol. The number of methoxy groups -OCH3 is 1. The average Bonchev–Trinajstić information content (AvgIpc) is 3.30. The first-order chi connectivity index (χ1) is 34.6. The Bertz CT molecular complexity index is 2440. The number of rotatable bonds is 11. The minimum atomic E-state index is -3.26. The fourth-order valence-corrected chi connectivity index (χ4v) is 11.8. The Morgan fingerprint density at radius 3 is 2.04 bits per heavy atom. The van der Waals surface area contributed by atoms with Gasteiger partial charge in [-0.1, -0.05) is 6.07 Å². The molecule has 0 spiro atoms. The number of amides is 1. The summed E-state index contributed by atoms with van der Waals surface area (Å²) in [7, 11) is 1.32. The standard InChI is InChI=1S/C50H67NO23/c1-18-14-31(72-33-16-30(64-9)43(21(4)67-33)74-47(51)60)49(62)37-36(42(59)46(70-24(7)53)50(49,63)44(18)69-23(6)52)41(58)35-26(40(37)57)11-10-25(39(35)56)28-15-29(38(55)20(3)65-28)71-34-17-48(8,61)45(22(5)68-34)73-32-13-12-27(54)19(2)66-32/h10-11,14,19-22,27-34,38,42-46,54-56,59,61-63H,12-13,15-17H2,1-9H3,(H2,51,60)/t19-,20-,21+,22-,27+,28-,29-,30-,31+,32+,33-,34+,38-,42+,43-,44-,45-,46+,48+,49-,50+/m1/s1. The number of hydrogen-bond donors (Lipinski definition) is 8. The number of aliphatic hydroxyl groups excluding tert-OH is 3. The molecule has 410 valence electrons. The van der Waals surface area contributed by atoms with Crippen molar-refractivity contribution in [1.82, 2.24) is 0 Å². The first-order valence-electron chi connectivity index (χ1n) is 24.6. The van der Waals surface area contributed by atoms with Gasteiger partial charge in [-0.05, 0) is 65.7 Å². The van der Waals surface area contributed by atoms with Crippen LogP contribution in [0.15, 0.2) is 34.9 Å². The van der Waals surface area contributed by atoms with Crippen LogP contribution in [0, 0.1) is 0 Å². The lowest BCUT2D eigenvalue weighted by molar-refractivity contribution is -0.336. The van der Waals surface area contributed by atoms with E-state index < -0.39 is 185 Å². The highest BCUT2D eigenvalue weighted by Gasteiger charge is 2.76. The third kappa shape index (κ3) is 9.69. The second-order valence-electron chi connectivity index (χ2n) is 20.6. The summed E-state index contributed by atoms with van der Waals surface area (Å²) in [4.78, 5) is 67.7. The molecule has 9 N–H and O–H groups in total. The Hall–Kier alpha value is -4.51. The van der Waals surface area contributed by atoms with Gasteiger partial charge in [-0.25, -0.2) is 4.79 Å². The van der Waals surface area contributed by atoms with Gasteiger partial charge in [0.2, 0.25) is 0 Å². The van der Waals surface area contributed by atoms with Crippen molar-refractivity contribution in [3.63, 3.8) is 0 Å². The van der Waals surface area contributed by atoms with Gasteiger partial charge in [-0.15, -0.1) is 0 Å². The van der Waals surface area contributed by atoms with Crippen LogP contribution in [0.3, 0.4) is 0 Å². The zero-order valence-corrected chi connectivity index (χ0v) is 42.4. The van der Waals surface area contributed by atoms with Gasteiger partial charge in [0.15, 0.2) is 60.0 Å². The summed E-state index contributed by atoms with van der Waals surface area (Å²) in [6, 6.07) is 2.44. The summed E-state index contributed by atoms with van der Waals surface area (Å²) in [6.45, 7) is 11.3. The number of aromatic hydroxyl groups is 1. The van der Waals surface area contributed by atoms with Gasteiger partial charge in [-0.2, -0.15) is 0 Å². The van der Waals surface area contributed by atoms with Crippen LogP contribution in [0.5, 0.6) is 5.75 Å². The number of nitrogens with two attached hydrogens (primary N) is 1. The molecule has 0 radical (unpaired) electrons. The van der Waals surface area contributed by atoms with Crippen LogP contribution in [-0.4, -0.2) is 194 Å². The minimum Gasteiger partial charge on any atom is -0.507 e. The number of phenolic OH excluding ortho intramolecular Hbond substituents is 1. The molecule has 74 heavy (non-hydrogen) atoms. The van der Waals surface area contributed by atoms with E-state index in [0.29, 0.717) is 12.8 Å². The first kappa shape index (κ1) is 55.7. The van der Waals surface area contributed by atoms with Crippen molar-refractivity contribution in [2.45, 2.75) is 215 Å². The number of phenols is 1. The van der Waals surface area contributed by atoms with Gasteiger partial charge >= 0.3 is 18.0 Å². The van der Waals surface area contributed by atoms with Gasteiger partial charge < -0.3 is 93.6 Å². The Morgan fingerprint density at radius 1 is 0.757 bits per heavy atom. The molecule has 1 aromatic carbocycles. The summed E-state index contributed by atoms with van der Waals surface area (Å²) in [5.74, 6) is -5.41. The largest absolute Gasteiger partial charge is 0.507 e. The van der Waals surface area contributed by atoms with E-state index in [4.69, 9.17) is 57.8 Å². The molecule has 0 saturated carbocycles. The number of hydrogen-bond acceptors (Lipinski definition) is 23. The molecule has 3 aliphatic carbocycles. The molecule has 4 saturated heterocycles. The molecule has 4 fully saturated rings. The van der Waals surface area contributed by atoms with Crippen LogP contribution in [-0.2, 0) is 61.7 Å². The number of esters is 2. The van der Waals surface area contributed by atoms with Gasteiger partial charge in [0.1, 0.15) is 36.3 Å². The third-order valence-corrected chi connectivity index (χ3v) is 15.4. The Morgan fingerprint density at radius 2 is 1.42 bits per heavy atom. The lowest BCUT2D eigenvalue weighted by Crippen LogP contribution is -2.80. The fraction of sp³-hybridized carbons (Fsp3) is 0.700. The molecule has 24 nitrogen and oxygen atoms in total. The van der Waals surface area contributed by atoms with Gasteiger partial charge in [0, 0.05) is 68.9 Å². The second kappa shape index (κ2) is 20.8. The van der Waals surface area contributed by atoms with Crippen LogP contribution >= 0.6 is 0 Å². The number of carbonyl (C=O) groups excluding carboxylic acids is 5. The normalized spacial score (nSPS) is 43.3. The summed E-state index contributed by atoms with van der Waals surface area (Å²) < 4.78 is 64.8. The summed E-state index contributed by atoms with van der Waals surface area (Å²) >= 11 is 0. The van der Waals surface area contributed by atoms with Crippen molar-refractivity contribution < 1.29 is 112 Å². The molecule has 4 aliphatic heterocycles. The second-order valence-corrected chi connectivity index (χ2v) is 20.6. The third-order valence-electron chi connectivity index (χ3n) is 15.4. The highest BCUT2D eigenvalue weighted by Crippen LogP contribution is 2.56. The van der Waals surface area contributed by atoms with E-state index in [1.165, 1.54) is 33.1 Å². The van der Waals surface area contributed by atoms with Crippen molar-refractivity contribution >= 4 is 29.6 Å². The molecule has 7 aliphatic rings. The number of ketones is 2. The van der Waals surface area contributed by atoms with Crippen LogP contribution in [0.1, 0.15) is 120 Å². The number of benzene rings is 1. The Balaban J connectivity index is 1.13. The van der Waals surface area contributed by atoms with Gasteiger partial charge in [0.25, 0.3) is 0 Å². The van der Waals surface area contributed by atoms with E-state index in [0.717, 1.165) is 19.9 Å². The first-order valence-corrected chi connectivity index (χ1v) is 24.6. The number of Topliss-reactive ketones (excluding diaryl/α,β-unsaturated/α-hetero) is 2. The molecule has 0 unspecified atom stereocenters. The fourth-order valence-electron chi connectivity index (χ4n) is 11.8. The van der Waals surface area contributed by atoms with E-state index in [2.05, 4.69) is 0 Å². The molecule has 21 atom stereocenters. The zero-order chi connectivity index (χ0) is 54.3. The SMILES string of the molecule is CO[C@@H]1C[C@@H](O[C@H]2C=C(C)[C@@H](OC(C)=O)[C@]3(O)[C@@H](OC(C)=O)[C@@H](O)C4=C(C(=O)c5ccc([C@H]6C[C@@H](O[C@H]7C[C@](C)(O)[C@H](O[C@H]8CC[C@H](O)[C@@H](C)O8)[C@@H](C)O7)[C@H](O)[C@@H](C)O6)c(O)c5C4=O)[C@]23O)O[C@@H](C)[C@H]1OC(N)=O. The maximum atomic E-state index is 15.2. The minimum absolute atomic E-state index is 0.0194. The highest BCUT2D eigenvalue weighted by molar-refractivity contribution is 6.29. The van der Waals surface area contributed by atoms with E-state index in [9.17, 15) is 50.1 Å². The molecule has 8 rings (SSSR count). The van der Waals surface area contributed by atoms with E-state index in [1.54, 1.807) is 27.7 Å². The van der Waals surface area contributed by atoms with Crippen LogP contribution in [0.25, 0.3) is 0 Å². The van der Waals surface area contributed by atoms with Crippen molar-refractivity contribution in [3.8, 4) is 5.75 Å². The smallest absolute Gasteiger partial charge is 0.404 e. The molecular weight excluding hydrogens is 983 g/mol. The molecule has 24 heteroatoms. The predicted molar refractivity (Wildman–Crippen MR) is 246 cm³/mol. The number of ether oxygens (including phenoxy) is 11. The number of primary amides is 1. The Kier molecular flexibility index (Phi) is 15.7. The number of carbonyl (C=O) groups is 5. The predicted octanol–water partition coefficient (Wildman–Crippen LogP) is 0.480. The molecule has 4 heterocycles. The van der Waals surface area contributed by atoms with Crippen molar-refractivity contribution in [2.75, 3.05) is 7.11 Å². The molecular formula is C50H67NO23. The maximum Gasteiger partial charge on any atom is 0.404 e.